The quantitative estimate of drug-likeness (QED) is 0.431. The monoisotopic (exact) mass is 407 g/mol. The molecule has 0 saturated carbocycles. The molecule has 9 heteroatoms. The first-order chi connectivity index (χ1) is 13.4. The number of hydrogen-bond donors (Lipinski definition) is 1. The van der Waals surface area contributed by atoms with Gasteiger partial charge in [0.2, 0.25) is 16.4 Å². The first kappa shape index (κ1) is 20.2. The van der Waals surface area contributed by atoms with Crippen molar-refractivity contribution in [2.75, 3.05) is 36.8 Å². The molecule has 2 aromatic rings. The van der Waals surface area contributed by atoms with E-state index in [-0.39, 0.29) is 25.3 Å². The Hall–Kier alpha value is -2.49. The number of benzene rings is 2. The van der Waals surface area contributed by atoms with Gasteiger partial charge in [0.15, 0.2) is 0 Å². The summed E-state index contributed by atoms with van der Waals surface area (Å²) < 4.78 is 40.2. The number of carbonyl (C=O) groups excluding carboxylic acids is 1. The fraction of sp³-hybridized carbons (Fsp3) is 0.316. The first-order valence-electron chi connectivity index (χ1n) is 8.86. The van der Waals surface area contributed by atoms with Crippen molar-refractivity contribution in [1.29, 1.82) is 0 Å². The van der Waals surface area contributed by atoms with Crippen molar-refractivity contribution in [3.63, 3.8) is 0 Å². The number of sulfonamides is 1. The normalized spacial score (nSPS) is 16.6. The number of hydroxylamine groups is 2. The van der Waals surface area contributed by atoms with Crippen LogP contribution in [0, 0.1) is 5.82 Å². The van der Waals surface area contributed by atoms with Crippen LogP contribution in [0.4, 0.5) is 10.1 Å². The van der Waals surface area contributed by atoms with Gasteiger partial charge in [-0.3, -0.25) is 10.0 Å². The summed E-state index contributed by atoms with van der Waals surface area (Å²) in [5.41, 5.74) is 1.37. The zero-order valence-electron chi connectivity index (χ0n) is 15.2. The molecule has 1 heterocycles. The van der Waals surface area contributed by atoms with Crippen molar-refractivity contribution >= 4 is 22.1 Å². The molecule has 1 fully saturated rings. The summed E-state index contributed by atoms with van der Waals surface area (Å²) in [5, 5.41) is 10.3. The first-order valence-corrected chi connectivity index (χ1v) is 10.5. The lowest BCUT2D eigenvalue weighted by Crippen LogP contribution is -2.50. The van der Waals surface area contributed by atoms with Crippen molar-refractivity contribution < 1.29 is 22.8 Å². The van der Waals surface area contributed by atoms with Gasteiger partial charge < -0.3 is 4.90 Å². The van der Waals surface area contributed by atoms with Gasteiger partial charge in [0.25, 0.3) is 0 Å². The lowest BCUT2D eigenvalue weighted by atomic mass is 10.1. The molecule has 1 atom stereocenters. The van der Waals surface area contributed by atoms with Crippen molar-refractivity contribution in [1.82, 2.24) is 9.37 Å². The highest BCUT2D eigenvalue weighted by atomic mass is 32.2. The number of amides is 1. The smallest absolute Gasteiger partial charge is 0.233 e. The van der Waals surface area contributed by atoms with E-state index in [4.69, 9.17) is 0 Å². The maximum absolute atomic E-state index is 13.1. The maximum Gasteiger partial charge on any atom is 0.233 e. The summed E-state index contributed by atoms with van der Waals surface area (Å²) in [5.74, 6) is -0.733. The van der Waals surface area contributed by atoms with E-state index < -0.39 is 21.8 Å². The summed E-state index contributed by atoms with van der Waals surface area (Å²) in [6.45, 7) is 1.48. The van der Waals surface area contributed by atoms with Crippen molar-refractivity contribution in [2.24, 2.45) is 0 Å². The SMILES string of the molecule is O=CN(O)C(CS(=O)(=O)N1CCN(c2ccc(F)cc2)CC1)c1ccccc1. The molecule has 0 spiro atoms. The van der Waals surface area contributed by atoms with Crippen molar-refractivity contribution in [3.8, 4) is 0 Å². The van der Waals surface area contributed by atoms with E-state index in [0.717, 1.165) is 5.69 Å². The Morgan fingerprint density at radius 3 is 2.21 bits per heavy atom. The summed E-state index contributed by atoms with van der Waals surface area (Å²) in [6.07, 6.45) is 0.208. The van der Waals surface area contributed by atoms with E-state index >= 15 is 0 Å². The van der Waals surface area contributed by atoms with E-state index in [9.17, 15) is 22.8 Å². The minimum Gasteiger partial charge on any atom is -0.369 e. The Morgan fingerprint density at radius 2 is 1.64 bits per heavy atom. The van der Waals surface area contributed by atoms with Crippen LogP contribution in [0.3, 0.4) is 0 Å². The minimum absolute atomic E-state index is 0.208. The van der Waals surface area contributed by atoms with Crippen LogP contribution in [-0.4, -0.2) is 61.3 Å². The van der Waals surface area contributed by atoms with Crippen LogP contribution < -0.4 is 4.90 Å². The van der Waals surface area contributed by atoms with Gasteiger partial charge in [0.1, 0.15) is 5.82 Å². The highest BCUT2D eigenvalue weighted by Gasteiger charge is 2.32. The highest BCUT2D eigenvalue weighted by molar-refractivity contribution is 7.89. The van der Waals surface area contributed by atoms with Gasteiger partial charge in [-0.2, -0.15) is 4.31 Å². The maximum atomic E-state index is 13.1. The van der Waals surface area contributed by atoms with Gasteiger partial charge in [-0.25, -0.2) is 17.9 Å². The average Bonchev–Trinajstić information content (AvgIpc) is 2.73. The molecule has 150 valence electrons. The molecule has 1 N–H and O–H groups in total. The van der Waals surface area contributed by atoms with Gasteiger partial charge in [0.05, 0.1) is 11.8 Å². The third-order valence-electron chi connectivity index (χ3n) is 4.80. The molecular weight excluding hydrogens is 385 g/mol. The van der Waals surface area contributed by atoms with Gasteiger partial charge in [0, 0.05) is 31.9 Å². The molecule has 0 radical (unpaired) electrons. The summed E-state index contributed by atoms with van der Waals surface area (Å²) >= 11 is 0. The lowest BCUT2D eigenvalue weighted by Gasteiger charge is -2.36. The Balaban J connectivity index is 1.69. The van der Waals surface area contributed by atoms with Crippen LogP contribution in [0.25, 0.3) is 0 Å². The molecule has 2 aromatic carbocycles. The van der Waals surface area contributed by atoms with E-state index in [1.807, 2.05) is 4.90 Å². The summed E-state index contributed by atoms with van der Waals surface area (Å²) in [4.78, 5) is 13.0. The minimum atomic E-state index is -3.71. The number of piperazine rings is 1. The van der Waals surface area contributed by atoms with Gasteiger partial charge in [-0.15, -0.1) is 0 Å². The zero-order valence-corrected chi connectivity index (χ0v) is 16.0. The number of hydrogen-bond acceptors (Lipinski definition) is 5. The zero-order chi connectivity index (χ0) is 20.1. The van der Waals surface area contributed by atoms with E-state index in [0.29, 0.717) is 23.7 Å². The third kappa shape index (κ3) is 4.67. The third-order valence-corrected chi connectivity index (χ3v) is 6.69. The molecule has 1 aliphatic heterocycles. The summed E-state index contributed by atoms with van der Waals surface area (Å²) in [7, 11) is -3.71. The second-order valence-corrected chi connectivity index (χ2v) is 8.57. The summed E-state index contributed by atoms with van der Waals surface area (Å²) in [6, 6.07) is 13.6. The Labute approximate surface area is 163 Å². The molecule has 0 aliphatic carbocycles. The fourth-order valence-corrected chi connectivity index (χ4v) is 4.93. The number of carbonyl (C=O) groups is 1. The van der Waals surface area contributed by atoms with E-state index in [1.54, 1.807) is 42.5 Å². The largest absolute Gasteiger partial charge is 0.369 e. The standard InChI is InChI=1S/C19H22FN3O4S/c20-17-6-8-18(9-7-17)21-10-12-22(13-11-21)28(26,27)14-19(23(25)15-24)16-4-2-1-3-5-16/h1-9,15,19,25H,10-14H2. The number of nitrogens with zero attached hydrogens (tertiary/aromatic N) is 3. The molecule has 7 nitrogen and oxygen atoms in total. The Kier molecular flexibility index (Phi) is 6.28. The van der Waals surface area contributed by atoms with Gasteiger partial charge in [-0.05, 0) is 29.8 Å². The topological polar surface area (TPSA) is 81.2 Å². The number of anilines is 1. The number of rotatable bonds is 7. The molecular formula is C19H22FN3O4S. The highest BCUT2D eigenvalue weighted by Crippen LogP contribution is 2.23. The van der Waals surface area contributed by atoms with Crippen LogP contribution in [0.1, 0.15) is 11.6 Å². The van der Waals surface area contributed by atoms with Crippen LogP contribution in [0.15, 0.2) is 54.6 Å². The van der Waals surface area contributed by atoms with E-state index in [1.165, 1.54) is 16.4 Å². The predicted molar refractivity (Wildman–Crippen MR) is 103 cm³/mol. The molecule has 28 heavy (non-hydrogen) atoms. The van der Waals surface area contributed by atoms with Crippen molar-refractivity contribution in [2.45, 2.75) is 6.04 Å². The second-order valence-electron chi connectivity index (χ2n) is 6.55. The van der Waals surface area contributed by atoms with Crippen LogP contribution in [0.5, 0.6) is 0 Å². The second kappa shape index (κ2) is 8.68. The lowest BCUT2D eigenvalue weighted by molar-refractivity contribution is -0.158. The van der Waals surface area contributed by atoms with Crippen molar-refractivity contribution in [3.05, 3.63) is 66.0 Å². The molecule has 1 amide bonds. The van der Waals surface area contributed by atoms with E-state index in [2.05, 4.69) is 0 Å². The van der Waals surface area contributed by atoms with Crippen LogP contribution >= 0.6 is 0 Å². The molecule has 0 aromatic heterocycles. The van der Waals surface area contributed by atoms with Crippen LogP contribution in [0.2, 0.25) is 0 Å². The molecule has 0 bridgehead atoms. The molecule has 1 aliphatic rings. The predicted octanol–water partition coefficient (Wildman–Crippen LogP) is 1.87. The molecule has 3 rings (SSSR count). The van der Waals surface area contributed by atoms with Crippen LogP contribution in [-0.2, 0) is 14.8 Å². The number of halogens is 1. The average molecular weight is 407 g/mol. The Morgan fingerprint density at radius 1 is 1.04 bits per heavy atom. The van der Waals surface area contributed by atoms with Gasteiger partial charge >= 0.3 is 0 Å². The molecule has 1 saturated heterocycles. The fourth-order valence-electron chi connectivity index (χ4n) is 3.26. The molecule has 1 unspecified atom stereocenters. The van der Waals surface area contributed by atoms with Gasteiger partial charge in [-0.1, -0.05) is 30.3 Å². The Bertz CT molecular complexity index is 885.